The molecule has 6 heteroatoms. The third-order valence-electron chi connectivity index (χ3n) is 3.43. The van der Waals surface area contributed by atoms with Gasteiger partial charge in [-0.15, -0.1) is 11.3 Å². The minimum atomic E-state index is 0.544. The zero-order valence-corrected chi connectivity index (χ0v) is 12.9. The number of anilines is 1. The number of methoxy groups -OCH3 is 1. The lowest BCUT2D eigenvalue weighted by Crippen LogP contribution is -2.37. The summed E-state index contributed by atoms with van der Waals surface area (Å²) in [6.45, 7) is 3.28. The van der Waals surface area contributed by atoms with Crippen molar-refractivity contribution in [2.45, 2.75) is 32.0 Å². The van der Waals surface area contributed by atoms with Crippen molar-refractivity contribution >= 4 is 16.5 Å². The summed E-state index contributed by atoms with van der Waals surface area (Å²) in [4.78, 5) is 10.6. The molecule has 1 unspecified atom stereocenters. The first-order valence-corrected chi connectivity index (χ1v) is 7.56. The lowest BCUT2D eigenvalue weighted by molar-refractivity contribution is 0.181. The molecule has 0 amide bonds. The van der Waals surface area contributed by atoms with E-state index in [-0.39, 0.29) is 0 Å². The second-order valence-electron chi connectivity index (χ2n) is 5.26. The van der Waals surface area contributed by atoms with Crippen molar-refractivity contribution in [3.05, 3.63) is 10.6 Å². The quantitative estimate of drug-likeness (QED) is 0.853. The van der Waals surface area contributed by atoms with Crippen molar-refractivity contribution in [2.24, 2.45) is 5.73 Å². The van der Waals surface area contributed by atoms with Gasteiger partial charge in [-0.2, -0.15) is 0 Å². The molecule has 1 aromatic heterocycles. The van der Waals surface area contributed by atoms with Crippen LogP contribution in [-0.4, -0.2) is 50.2 Å². The van der Waals surface area contributed by atoms with Crippen LogP contribution in [0.3, 0.4) is 0 Å². The van der Waals surface area contributed by atoms with Crippen LogP contribution >= 0.6 is 11.3 Å². The third kappa shape index (κ3) is 3.45. The van der Waals surface area contributed by atoms with Crippen LogP contribution in [0.2, 0.25) is 0 Å². The van der Waals surface area contributed by atoms with Gasteiger partial charge in [0.05, 0.1) is 12.3 Å². The second kappa shape index (κ2) is 6.65. The fraction of sp³-hybridized carbons (Fsp3) is 0.769. The summed E-state index contributed by atoms with van der Waals surface area (Å²) in [5.41, 5.74) is 6.80. The summed E-state index contributed by atoms with van der Waals surface area (Å²) in [7, 11) is 5.95. The second-order valence-corrected chi connectivity index (χ2v) is 6.32. The fourth-order valence-electron chi connectivity index (χ4n) is 2.60. The average molecular weight is 284 g/mol. The average Bonchev–Trinajstić information content (AvgIpc) is 2.95. The predicted octanol–water partition coefficient (Wildman–Crippen LogP) is 1.28. The first kappa shape index (κ1) is 14.7. The van der Waals surface area contributed by atoms with Gasteiger partial charge >= 0.3 is 0 Å². The van der Waals surface area contributed by atoms with E-state index in [1.807, 2.05) is 0 Å². The zero-order chi connectivity index (χ0) is 13.8. The number of aromatic nitrogens is 1. The van der Waals surface area contributed by atoms with Gasteiger partial charge in [-0.1, -0.05) is 0 Å². The molecule has 1 saturated heterocycles. The van der Waals surface area contributed by atoms with Crippen LogP contribution in [0, 0.1) is 0 Å². The van der Waals surface area contributed by atoms with Gasteiger partial charge < -0.3 is 20.3 Å². The number of rotatable bonds is 6. The molecular formula is C13H24N4OS. The molecule has 1 aliphatic rings. The fourth-order valence-corrected chi connectivity index (χ4v) is 3.64. The molecule has 2 rings (SSSR count). The zero-order valence-electron chi connectivity index (χ0n) is 12.1. The smallest absolute Gasteiger partial charge is 0.186 e. The van der Waals surface area contributed by atoms with E-state index in [4.69, 9.17) is 15.5 Å². The normalized spacial score (nSPS) is 19.6. The number of thiazole rings is 1. The van der Waals surface area contributed by atoms with E-state index in [9.17, 15) is 0 Å². The highest BCUT2D eigenvalue weighted by atomic mass is 32.1. The van der Waals surface area contributed by atoms with Crippen LogP contribution in [0.4, 0.5) is 5.13 Å². The Balaban J connectivity index is 2.15. The van der Waals surface area contributed by atoms with Crippen molar-refractivity contribution in [3.63, 3.8) is 0 Å². The van der Waals surface area contributed by atoms with Gasteiger partial charge in [0.1, 0.15) is 0 Å². The van der Waals surface area contributed by atoms with E-state index < -0.39 is 0 Å². The summed E-state index contributed by atoms with van der Waals surface area (Å²) < 4.78 is 5.20. The van der Waals surface area contributed by atoms with Gasteiger partial charge in [-0.3, -0.25) is 0 Å². The van der Waals surface area contributed by atoms with E-state index >= 15 is 0 Å². The Labute approximate surface area is 119 Å². The molecule has 108 valence electrons. The molecule has 0 aromatic carbocycles. The van der Waals surface area contributed by atoms with Crippen molar-refractivity contribution in [1.29, 1.82) is 0 Å². The Hall–Kier alpha value is -0.690. The minimum Gasteiger partial charge on any atom is -0.378 e. The van der Waals surface area contributed by atoms with Gasteiger partial charge in [-0.05, 0) is 26.9 Å². The molecule has 0 aliphatic carbocycles. The molecule has 5 nitrogen and oxygen atoms in total. The molecule has 2 N–H and O–H groups in total. The van der Waals surface area contributed by atoms with E-state index in [1.165, 1.54) is 12.8 Å². The molecule has 0 radical (unpaired) electrons. The van der Waals surface area contributed by atoms with Gasteiger partial charge in [-0.25, -0.2) is 4.98 Å². The van der Waals surface area contributed by atoms with Crippen LogP contribution in [0.1, 0.15) is 23.4 Å². The number of hydrogen-bond donors (Lipinski definition) is 1. The highest BCUT2D eigenvalue weighted by Gasteiger charge is 2.28. The maximum atomic E-state index is 5.80. The summed E-state index contributed by atoms with van der Waals surface area (Å²) in [6, 6.07) is 0.571. The van der Waals surface area contributed by atoms with Gasteiger partial charge in [0.25, 0.3) is 0 Å². The molecule has 0 spiro atoms. The van der Waals surface area contributed by atoms with Crippen LogP contribution in [0.5, 0.6) is 0 Å². The molecule has 0 saturated carbocycles. The molecule has 1 atom stereocenters. The summed E-state index contributed by atoms with van der Waals surface area (Å²) >= 11 is 1.72. The summed E-state index contributed by atoms with van der Waals surface area (Å²) in [5.74, 6) is 0. The highest BCUT2D eigenvalue weighted by Crippen LogP contribution is 2.32. The van der Waals surface area contributed by atoms with Crippen molar-refractivity contribution in [3.8, 4) is 0 Å². The Morgan fingerprint density at radius 3 is 2.95 bits per heavy atom. The summed E-state index contributed by atoms with van der Waals surface area (Å²) in [6.07, 6.45) is 2.49. The maximum Gasteiger partial charge on any atom is 0.186 e. The molecule has 2 heterocycles. The predicted molar refractivity (Wildman–Crippen MR) is 79.6 cm³/mol. The standard InChI is InChI=1S/C13H24N4OS/c1-16(2)8-10-5-4-6-17(10)13-15-11(9-18-3)12(7-14)19-13/h10H,4-9,14H2,1-3H3. The van der Waals surface area contributed by atoms with Crippen LogP contribution in [-0.2, 0) is 17.9 Å². The first-order valence-electron chi connectivity index (χ1n) is 6.74. The van der Waals surface area contributed by atoms with Gasteiger partial charge in [0.15, 0.2) is 5.13 Å². The van der Waals surface area contributed by atoms with E-state index in [2.05, 4.69) is 23.9 Å². The Bertz CT molecular complexity index is 407. The van der Waals surface area contributed by atoms with E-state index in [0.717, 1.165) is 28.8 Å². The molecule has 0 bridgehead atoms. The number of nitrogens with two attached hydrogens (primary N) is 1. The summed E-state index contributed by atoms with van der Waals surface area (Å²) in [5, 5.41) is 1.11. The third-order valence-corrected chi connectivity index (χ3v) is 4.59. The van der Waals surface area contributed by atoms with Crippen LogP contribution in [0.15, 0.2) is 0 Å². The SMILES string of the molecule is COCc1nc(N2CCCC2CN(C)C)sc1CN. The molecule has 19 heavy (non-hydrogen) atoms. The molecular weight excluding hydrogens is 260 g/mol. The maximum absolute atomic E-state index is 5.80. The number of nitrogens with zero attached hydrogens (tertiary/aromatic N) is 3. The Morgan fingerprint density at radius 2 is 2.32 bits per heavy atom. The lowest BCUT2D eigenvalue weighted by Gasteiger charge is -2.26. The van der Waals surface area contributed by atoms with Gasteiger partial charge in [0.2, 0.25) is 0 Å². The monoisotopic (exact) mass is 284 g/mol. The molecule has 1 aromatic rings. The van der Waals surface area contributed by atoms with Gasteiger partial charge in [0, 0.05) is 37.7 Å². The van der Waals surface area contributed by atoms with Crippen molar-refractivity contribution in [2.75, 3.05) is 39.2 Å². The Kier molecular flexibility index (Phi) is 5.15. The van der Waals surface area contributed by atoms with Crippen LogP contribution < -0.4 is 10.6 Å². The largest absolute Gasteiger partial charge is 0.378 e. The highest BCUT2D eigenvalue weighted by molar-refractivity contribution is 7.15. The number of ether oxygens (including phenoxy) is 1. The molecule has 1 fully saturated rings. The minimum absolute atomic E-state index is 0.544. The van der Waals surface area contributed by atoms with Crippen molar-refractivity contribution < 1.29 is 4.74 Å². The Morgan fingerprint density at radius 1 is 1.53 bits per heavy atom. The lowest BCUT2D eigenvalue weighted by atomic mass is 10.2. The van der Waals surface area contributed by atoms with Crippen LogP contribution in [0.25, 0.3) is 0 Å². The number of hydrogen-bond acceptors (Lipinski definition) is 6. The van der Waals surface area contributed by atoms with E-state index in [0.29, 0.717) is 19.2 Å². The molecule has 1 aliphatic heterocycles. The van der Waals surface area contributed by atoms with E-state index in [1.54, 1.807) is 18.4 Å². The number of likely N-dealkylation sites (N-methyl/N-ethyl adjacent to an activating group) is 1. The van der Waals surface area contributed by atoms with Crippen molar-refractivity contribution in [1.82, 2.24) is 9.88 Å². The topological polar surface area (TPSA) is 54.6 Å². The first-order chi connectivity index (χ1) is 9.15.